The maximum absolute atomic E-state index is 11.7. The fourth-order valence-corrected chi connectivity index (χ4v) is 2.79. The number of esters is 1. The van der Waals surface area contributed by atoms with Crippen molar-refractivity contribution >= 4 is 31.9 Å². The average Bonchev–Trinajstić information content (AvgIpc) is 2.31. The van der Waals surface area contributed by atoms with Gasteiger partial charge in [0.25, 0.3) is 0 Å². The molecule has 0 aromatic heterocycles. The molecule has 0 aliphatic rings. The van der Waals surface area contributed by atoms with Crippen LogP contribution in [0.2, 0.25) is 0 Å². The van der Waals surface area contributed by atoms with Crippen molar-refractivity contribution < 1.29 is 22.7 Å². The molecule has 0 spiro atoms. The van der Waals surface area contributed by atoms with E-state index >= 15 is 0 Å². The van der Waals surface area contributed by atoms with Crippen LogP contribution in [-0.2, 0) is 19.5 Å². The lowest BCUT2D eigenvalue weighted by Crippen LogP contribution is -2.16. The molecule has 6 nitrogen and oxygen atoms in total. The second-order valence-electron chi connectivity index (χ2n) is 3.75. The fourth-order valence-electron chi connectivity index (χ4n) is 1.37. The maximum Gasteiger partial charge on any atom is 0.338 e. The number of halogens is 1. The van der Waals surface area contributed by atoms with Gasteiger partial charge >= 0.3 is 5.97 Å². The van der Waals surface area contributed by atoms with E-state index in [4.69, 9.17) is 14.6 Å². The van der Waals surface area contributed by atoms with Crippen molar-refractivity contribution in [2.75, 3.05) is 20.3 Å². The first-order valence-electron chi connectivity index (χ1n) is 5.26. The van der Waals surface area contributed by atoms with E-state index in [0.717, 1.165) is 0 Å². The number of hydrogen-bond acceptors (Lipinski definition) is 5. The zero-order chi connectivity index (χ0) is 14.6. The Bertz CT molecular complexity index is 585. The van der Waals surface area contributed by atoms with Crippen molar-refractivity contribution in [1.29, 1.82) is 0 Å². The van der Waals surface area contributed by atoms with Crippen molar-refractivity contribution in [2.45, 2.75) is 11.8 Å². The number of hydrogen-bond donors (Lipinski definition) is 1. The highest BCUT2D eigenvalue weighted by Crippen LogP contribution is 2.25. The predicted octanol–water partition coefficient (Wildman–Crippen LogP) is 1.21. The van der Waals surface area contributed by atoms with E-state index in [1.54, 1.807) is 6.92 Å². The standard InChI is InChI=1S/C11H14BrNO5S/c1-7-9(12)5-8(6-10(7)19(13,15)16)11(14)18-4-3-17-2/h5-6H,3-4H2,1-2H3,(H2,13,15,16). The van der Waals surface area contributed by atoms with Gasteiger partial charge in [-0.1, -0.05) is 15.9 Å². The van der Waals surface area contributed by atoms with Crippen molar-refractivity contribution in [3.63, 3.8) is 0 Å². The van der Waals surface area contributed by atoms with Crippen LogP contribution in [-0.4, -0.2) is 34.7 Å². The third-order valence-corrected chi connectivity index (χ3v) is 4.22. The SMILES string of the molecule is COCCOC(=O)c1cc(Br)c(C)c(S(N)(=O)=O)c1. The highest BCUT2D eigenvalue weighted by molar-refractivity contribution is 9.10. The quantitative estimate of drug-likeness (QED) is 0.635. The van der Waals surface area contributed by atoms with Crippen LogP contribution in [0.4, 0.5) is 0 Å². The van der Waals surface area contributed by atoms with Gasteiger partial charge in [-0.2, -0.15) is 0 Å². The van der Waals surface area contributed by atoms with Gasteiger partial charge in [0, 0.05) is 11.6 Å². The molecule has 19 heavy (non-hydrogen) atoms. The highest BCUT2D eigenvalue weighted by atomic mass is 79.9. The normalized spacial score (nSPS) is 11.4. The second kappa shape index (κ2) is 6.47. The Balaban J connectivity index is 3.11. The molecule has 0 heterocycles. The van der Waals surface area contributed by atoms with Crippen molar-refractivity contribution in [2.24, 2.45) is 5.14 Å². The lowest BCUT2D eigenvalue weighted by molar-refractivity contribution is 0.0387. The van der Waals surface area contributed by atoms with Crippen molar-refractivity contribution in [3.8, 4) is 0 Å². The van der Waals surface area contributed by atoms with Crippen LogP contribution in [0, 0.1) is 6.92 Å². The van der Waals surface area contributed by atoms with Crippen LogP contribution in [0.15, 0.2) is 21.5 Å². The van der Waals surface area contributed by atoms with Crippen LogP contribution in [0.5, 0.6) is 0 Å². The molecule has 8 heteroatoms. The summed E-state index contributed by atoms with van der Waals surface area (Å²) in [5.41, 5.74) is 0.550. The Hall–Kier alpha value is -0.960. The second-order valence-corrected chi connectivity index (χ2v) is 6.14. The minimum Gasteiger partial charge on any atom is -0.460 e. The molecule has 0 aliphatic carbocycles. The number of carbonyl (C=O) groups is 1. The Labute approximate surface area is 120 Å². The topological polar surface area (TPSA) is 95.7 Å². The molecule has 0 aliphatic heterocycles. The Morgan fingerprint density at radius 3 is 2.53 bits per heavy atom. The van der Waals surface area contributed by atoms with Crippen molar-refractivity contribution in [3.05, 3.63) is 27.7 Å². The van der Waals surface area contributed by atoms with Gasteiger partial charge in [0.1, 0.15) is 6.61 Å². The summed E-state index contributed by atoms with van der Waals surface area (Å²) < 4.78 is 33.0. The summed E-state index contributed by atoms with van der Waals surface area (Å²) in [6, 6.07) is 2.68. The number of methoxy groups -OCH3 is 1. The molecule has 0 saturated carbocycles. The number of carbonyl (C=O) groups excluding carboxylic acids is 1. The predicted molar refractivity (Wildman–Crippen MR) is 72.4 cm³/mol. The van der Waals surface area contributed by atoms with Crippen molar-refractivity contribution in [1.82, 2.24) is 0 Å². The summed E-state index contributed by atoms with van der Waals surface area (Å²) >= 11 is 3.19. The molecule has 106 valence electrons. The smallest absolute Gasteiger partial charge is 0.338 e. The number of primary sulfonamides is 1. The number of nitrogens with two attached hydrogens (primary N) is 1. The largest absolute Gasteiger partial charge is 0.460 e. The van der Waals surface area contributed by atoms with Gasteiger partial charge < -0.3 is 9.47 Å². The molecule has 1 aromatic carbocycles. The monoisotopic (exact) mass is 351 g/mol. The first kappa shape index (κ1) is 16.1. The zero-order valence-electron chi connectivity index (χ0n) is 10.5. The zero-order valence-corrected chi connectivity index (χ0v) is 12.9. The third-order valence-electron chi connectivity index (χ3n) is 2.36. The molecule has 1 rings (SSSR count). The lowest BCUT2D eigenvalue weighted by Gasteiger charge is -2.09. The van der Waals surface area contributed by atoms with E-state index in [1.807, 2.05) is 0 Å². The van der Waals surface area contributed by atoms with E-state index in [9.17, 15) is 13.2 Å². The first-order chi connectivity index (χ1) is 8.77. The molecular formula is C11H14BrNO5S. The van der Waals surface area contributed by atoms with Crippen LogP contribution in [0.1, 0.15) is 15.9 Å². The lowest BCUT2D eigenvalue weighted by atomic mass is 10.1. The molecule has 1 aromatic rings. The summed E-state index contributed by atoms with van der Waals surface area (Å²) in [6.45, 7) is 1.94. The molecule has 0 atom stereocenters. The third kappa shape index (κ3) is 4.27. The van der Waals surface area contributed by atoms with E-state index in [1.165, 1.54) is 19.2 Å². The summed E-state index contributed by atoms with van der Waals surface area (Å²) in [6.07, 6.45) is 0. The first-order valence-corrected chi connectivity index (χ1v) is 7.60. The van der Waals surface area contributed by atoms with Crippen LogP contribution in [0.3, 0.4) is 0 Å². The molecule has 0 radical (unpaired) electrons. The van der Waals surface area contributed by atoms with Gasteiger partial charge in [-0.3, -0.25) is 0 Å². The summed E-state index contributed by atoms with van der Waals surface area (Å²) in [5.74, 6) is -0.636. The molecule has 0 saturated heterocycles. The van der Waals surface area contributed by atoms with E-state index in [-0.39, 0.29) is 23.7 Å². The van der Waals surface area contributed by atoms with E-state index < -0.39 is 16.0 Å². The van der Waals surface area contributed by atoms with Crippen LogP contribution >= 0.6 is 15.9 Å². The maximum atomic E-state index is 11.7. The van der Waals surface area contributed by atoms with Gasteiger partial charge in [-0.05, 0) is 24.6 Å². The van der Waals surface area contributed by atoms with Gasteiger partial charge in [-0.15, -0.1) is 0 Å². The minimum absolute atomic E-state index is 0.0888. The molecule has 0 fully saturated rings. The van der Waals surface area contributed by atoms with E-state index in [2.05, 4.69) is 15.9 Å². The van der Waals surface area contributed by atoms with Crippen LogP contribution in [0.25, 0.3) is 0 Å². The minimum atomic E-state index is -3.90. The summed E-state index contributed by atoms with van der Waals surface area (Å²) in [5, 5.41) is 5.10. The number of rotatable bonds is 5. The molecule has 0 unspecified atom stereocenters. The van der Waals surface area contributed by atoms with Gasteiger partial charge in [-0.25, -0.2) is 18.4 Å². The summed E-state index contributed by atoms with van der Waals surface area (Å²) in [7, 11) is -2.42. The Morgan fingerprint density at radius 1 is 1.37 bits per heavy atom. The molecule has 0 amide bonds. The van der Waals surface area contributed by atoms with Gasteiger partial charge in [0.15, 0.2) is 0 Å². The van der Waals surface area contributed by atoms with Gasteiger partial charge in [0.2, 0.25) is 10.0 Å². The average molecular weight is 352 g/mol. The molecular weight excluding hydrogens is 338 g/mol. The fraction of sp³-hybridized carbons (Fsp3) is 0.364. The summed E-state index contributed by atoms with van der Waals surface area (Å²) in [4.78, 5) is 11.6. The highest BCUT2D eigenvalue weighted by Gasteiger charge is 2.18. The number of sulfonamides is 1. The number of benzene rings is 1. The van der Waals surface area contributed by atoms with Gasteiger partial charge in [0.05, 0.1) is 17.1 Å². The Morgan fingerprint density at radius 2 is 2.00 bits per heavy atom. The van der Waals surface area contributed by atoms with Crippen LogP contribution < -0.4 is 5.14 Å². The molecule has 0 bridgehead atoms. The number of ether oxygens (including phenoxy) is 2. The Kier molecular flexibility index (Phi) is 5.48. The van der Waals surface area contributed by atoms with E-state index in [0.29, 0.717) is 10.0 Å². The molecule has 2 N–H and O–H groups in total.